The standard InChI is InChI=1S/C14H14BrN3O2/c1-19-5-4-16-8-13-17-7-12-14(18-13)10-6-9(15)2-3-11(10)20-12/h2-3,6-7,16H,4-5,8H2,1H3. The Kier molecular flexibility index (Phi) is 3.95. The van der Waals surface area contributed by atoms with Gasteiger partial charge in [0.2, 0.25) is 0 Å². The first-order valence-corrected chi connectivity index (χ1v) is 7.10. The average Bonchev–Trinajstić information content (AvgIpc) is 2.81. The van der Waals surface area contributed by atoms with Gasteiger partial charge in [0.1, 0.15) is 16.9 Å². The highest BCUT2D eigenvalue weighted by molar-refractivity contribution is 9.10. The molecule has 6 heteroatoms. The molecule has 0 spiro atoms. The summed E-state index contributed by atoms with van der Waals surface area (Å²) in [5, 5.41) is 4.22. The van der Waals surface area contributed by atoms with Crippen LogP contribution in [-0.4, -0.2) is 30.2 Å². The van der Waals surface area contributed by atoms with Gasteiger partial charge in [0, 0.05) is 23.5 Å². The molecule has 2 heterocycles. The van der Waals surface area contributed by atoms with Crippen molar-refractivity contribution in [3.05, 3.63) is 34.7 Å². The lowest BCUT2D eigenvalue weighted by molar-refractivity contribution is 0.199. The molecule has 0 unspecified atom stereocenters. The van der Waals surface area contributed by atoms with Gasteiger partial charge in [-0.3, -0.25) is 0 Å². The fraction of sp³-hybridized carbons (Fsp3) is 0.286. The van der Waals surface area contributed by atoms with Crippen LogP contribution in [0, 0.1) is 0 Å². The summed E-state index contributed by atoms with van der Waals surface area (Å²) in [5.74, 6) is 0.747. The third kappa shape index (κ3) is 2.67. The SMILES string of the molecule is COCCNCc1ncc2oc3ccc(Br)cc3c2n1. The number of nitrogens with zero attached hydrogens (tertiary/aromatic N) is 2. The number of methoxy groups -OCH3 is 1. The first-order valence-electron chi connectivity index (χ1n) is 6.31. The topological polar surface area (TPSA) is 60.2 Å². The van der Waals surface area contributed by atoms with Crippen molar-refractivity contribution in [1.29, 1.82) is 0 Å². The first-order chi connectivity index (χ1) is 9.78. The Morgan fingerprint density at radius 2 is 2.25 bits per heavy atom. The van der Waals surface area contributed by atoms with Gasteiger partial charge >= 0.3 is 0 Å². The summed E-state index contributed by atoms with van der Waals surface area (Å²) in [6.45, 7) is 2.05. The Balaban J connectivity index is 1.92. The molecule has 3 aromatic rings. The minimum atomic E-state index is 0.611. The summed E-state index contributed by atoms with van der Waals surface area (Å²) in [6, 6.07) is 5.89. The van der Waals surface area contributed by atoms with Crippen LogP contribution >= 0.6 is 15.9 Å². The number of rotatable bonds is 5. The van der Waals surface area contributed by atoms with E-state index in [4.69, 9.17) is 9.15 Å². The van der Waals surface area contributed by atoms with Crippen molar-refractivity contribution in [2.75, 3.05) is 20.3 Å². The molecule has 0 aliphatic heterocycles. The fourth-order valence-corrected chi connectivity index (χ4v) is 2.39. The van der Waals surface area contributed by atoms with Crippen molar-refractivity contribution in [2.45, 2.75) is 6.54 Å². The smallest absolute Gasteiger partial charge is 0.172 e. The molecule has 3 rings (SSSR count). The van der Waals surface area contributed by atoms with E-state index in [1.54, 1.807) is 13.3 Å². The van der Waals surface area contributed by atoms with Gasteiger partial charge in [-0.25, -0.2) is 9.97 Å². The van der Waals surface area contributed by atoms with Crippen molar-refractivity contribution in [2.24, 2.45) is 0 Å². The quantitative estimate of drug-likeness (QED) is 0.726. The molecule has 0 radical (unpaired) electrons. The number of nitrogens with one attached hydrogen (secondary N) is 1. The molecule has 0 amide bonds. The highest BCUT2D eigenvalue weighted by Crippen LogP contribution is 2.29. The second kappa shape index (κ2) is 5.87. The lowest BCUT2D eigenvalue weighted by Gasteiger charge is -2.02. The zero-order valence-corrected chi connectivity index (χ0v) is 12.6. The predicted molar refractivity (Wildman–Crippen MR) is 80.6 cm³/mol. The Hall–Kier alpha value is -1.50. The molecule has 2 aromatic heterocycles. The minimum absolute atomic E-state index is 0.611. The summed E-state index contributed by atoms with van der Waals surface area (Å²) < 4.78 is 11.7. The molecule has 0 atom stereocenters. The first kappa shape index (κ1) is 13.5. The van der Waals surface area contributed by atoms with Crippen LogP contribution in [0.4, 0.5) is 0 Å². The van der Waals surface area contributed by atoms with Crippen LogP contribution < -0.4 is 5.32 Å². The van der Waals surface area contributed by atoms with E-state index in [2.05, 4.69) is 31.2 Å². The van der Waals surface area contributed by atoms with Crippen LogP contribution in [-0.2, 0) is 11.3 Å². The number of hydrogen-bond acceptors (Lipinski definition) is 5. The molecule has 20 heavy (non-hydrogen) atoms. The molecule has 1 N–H and O–H groups in total. The molecule has 0 bridgehead atoms. The van der Waals surface area contributed by atoms with Gasteiger partial charge < -0.3 is 14.5 Å². The average molecular weight is 336 g/mol. The maximum atomic E-state index is 5.72. The fourth-order valence-electron chi connectivity index (χ4n) is 2.03. The van der Waals surface area contributed by atoms with E-state index in [0.717, 1.165) is 33.3 Å². The Labute approximate surface area is 124 Å². The maximum absolute atomic E-state index is 5.72. The van der Waals surface area contributed by atoms with Crippen molar-refractivity contribution >= 4 is 38.0 Å². The van der Waals surface area contributed by atoms with Gasteiger partial charge in [-0.1, -0.05) is 15.9 Å². The van der Waals surface area contributed by atoms with Crippen molar-refractivity contribution in [3.8, 4) is 0 Å². The van der Waals surface area contributed by atoms with Gasteiger partial charge in [0.25, 0.3) is 0 Å². The van der Waals surface area contributed by atoms with Crippen LogP contribution in [0.25, 0.3) is 22.1 Å². The molecule has 0 aliphatic rings. The van der Waals surface area contributed by atoms with Gasteiger partial charge in [-0.05, 0) is 18.2 Å². The predicted octanol–water partition coefficient (Wildman–Crippen LogP) is 2.87. The Bertz CT molecular complexity index is 742. The van der Waals surface area contributed by atoms with E-state index in [-0.39, 0.29) is 0 Å². The normalized spacial score (nSPS) is 11.5. The summed E-state index contributed by atoms with van der Waals surface area (Å²) >= 11 is 3.47. The third-order valence-corrected chi connectivity index (χ3v) is 3.48. The maximum Gasteiger partial charge on any atom is 0.172 e. The molecule has 0 saturated carbocycles. The van der Waals surface area contributed by atoms with Gasteiger partial charge in [0.15, 0.2) is 5.58 Å². The van der Waals surface area contributed by atoms with E-state index in [1.165, 1.54) is 0 Å². The van der Waals surface area contributed by atoms with Crippen LogP contribution in [0.1, 0.15) is 5.82 Å². The molecule has 0 saturated heterocycles. The molecule has 0 aliphatic carbocycles. The lowest BCUT2D eigenvalue weighted by atomic mass is 10.2. The van der Waals surface area contributed by atoms with Gasteiger partial charge in [0.05, 0.1) is 19.3 Å². The van der Waals surface area contributed by atoms with Crippen LogP contribution in [0.3, 0.4) is 0 Å². The van der Waals surface area contributed by atoms with Crippen molar-refractivity contribution in [3.63, 3.8) is 0 Å². The molecular formula is C14H14BrN3O2. The van der Waals surface area contributed by atoms with E-state index >= 15 is 0 Å². The molecule has 5 nitrogen and oxygen atoms in total. The monoisotopic (exact) mass is 335 g/mol. The zero-order valence-electron chi connectivity index (χ0n) is 11.0. The number of halogens is 1. The number of aromatic nitrogens is 2. The number of fused-ring (bicyclic) bond motifs is 3. The van der Waals surface area contributed by atoms with E-state index in [0.29, 0.717) is 18.7 Å². The highest BCUT2D eigenvalue weighted by Gasteiger charge is 2.10. The minimum Gasteiger partial charge on any atom is -0.453 e. The third-order valence-electron chi connectivity index (χ3n) is 2.99. The van der Waals surface area contributed by atoms with E-state index in [1.807, 2.05) is 18.2 Å². The van der Waals surface area contributed by atoms with Gasteiger partial charge in [-0.15, -0.1) is 0 Å². The molecular weight excluding hydrogens is 322 g/mol. The van der Waals surface area contributed by atoms with E-state index < -0.39 is 0 Å². The summed E-state index contributed by atoms with van der Waals surface area (Å²) in [4.78, 5) is 8.88. The second-order valence-electron chi connectivity index (χ2n) is 4.41. The van der Waals surface area contributed by atoms with Gasteiger partial charge in [-0.2, -0.15) is 0 Å². The summed E-state index contributed by atoms with van der Waals surface area (Å²) in [6.07, 6.45) is 1.73. The summed E-state index contributed by atoms with van der Waals surface area (Å²) in [7, 11) is 1.68. The van der Waals surface area contributed by atoms with Crippen LogP contribution in [0.2, 0.25) is 0 Å². The summed E-state index contributed by atoms with van der Waals surface area (Å²) in [5.41, 5.74) is 2.38. The lowest BCUT2D eigenvalue weighted by Crippen LogP contribution is -2.19. The number of furan rings is 1. The van der Waals surface area contributed by atoms with E-state index in [9.17, 15) is 0 Å². The Morgan fingerprint density at radius 1 is 1.35 bits per heavy atom. The Morgan fingerprint density at radius 3 is 3.10 bits per heavy atom. The van der Waals surface area contributed by atoms with Crippen molar-refractivity contribution in [1.82, 2.24) is 15.3 Å². The van der Waals surface area contributed by atoms with Crippen LogP contribution in [0.15, 0.2) is 33.3 Å². The molecule has 0 fully saturated rings. The number of ether oxygens (including phenoxy) is 1. The zero-order chi connectivity index (χ0) is 13.9. The highest BCUT2D eigenvalue weighted by atomic mass is 79.9. The molecule has 1 aromatic carbocycles. The second-order valence-corrected chi connectivity index (χ2v) is 5.33. The number of hydrogen-bond donors (Lipinski definition) is 1. The van der Waals surface area contributed by atoms with Crippen molar-refractivity contribution < 1.29 is 9.15 Å². The number of benzene rings is 1. The van der Waals surface area contributed by atoms with Crippen LogP contribution in [0.5, 0.6) is 0 Å². The largest absolute Gasteiger partial charge is 0.453 e. The molecule has 104 valence electrons.